The van der Waals surface area contributed by atoms with Crippen LogP contribution in [0.3, 0.4) is 0 Å². The first-order valence-electron chi connectivity index (χ1n) is 9.06. The average Bonchev–Trinajstić information content (AvgIpc) is 3.05. The molecule has 134 valence electrons. The van der Waals surface area contributed by atoms with Crippen LogP contribution in [-0.4, -0.2) is 18.4 Å². The smallest absolute Gasteiger partial charge is 0.252 e. The highest BCUT2D eigenvalue weighted by atomic mass is 35.5. The molecule has 1 heterocycles. The lowest BCUT2D eigenvalue weighted by molar-refractivity contribution is -0.117. The fourth-order valence-electron chi connectivity index (χ4n) is 3.81. The van der Waals surface area contributed by atoms with E-state index in [2.05, 4.69) is 5.32 Å². The molecule has 1 aliphatic heterocycles. The van der Waals surface area contributed by atoms with Crippen molar-refractivity contribution < 1.29 is 9.59 Å². The first-order valence-corrected chi connectivity index (χ1v) is 9.44. The Kier molecular flexibility index (Phi) is 4.45. The maximum absolute atomic E-state index is 12.9. The van der Waals surface area contributed by atoms with E-state index in [1.54, 1.807) is 11.0 Å². The summed E-state index contributed by atoms with van der Waals surface area (Å²) >= 11 is 6.00. The van der Waals surface area contributed by atoms with Crippen LogP contribution < -0.4 is 10.2 Å². The molecule has 0 unspecified atom stereocenters. The zero-order valence-electron chi connectivity index (χ0n) is 14.5. The van der Waals surface area contributed by atoms with E-state index >= 15 is 0 Å². The highest BCUT2D eigenvalue weighted by Gasteiger charge is 2.40. The van der Waals surface area contributed by atoms with Gasteiger partial charge in [-0.1, -0.05) is 29.8 Å². The fraction of sp³-hybridized carbons (Fsp3) is 0.333. The van der Waals surface area contributed by atoms with Gasteiger partial charge in [0.05, 0.1) is 5.54 Å². The molecule has 0 spiro atoms. The molecule has 0 aromatic heterocycles. The van der Waals surface area contributed by atoms with Crippen molar-refractivity contribution in [1.82, 2.24) is 5.32 Å². The largest absolute Gasteiger partial charge is 0.343 e. The van der Waals surface area contributed by atoms with Crippen molar-refractivity contribution in [3.63, 3.8) is 0 Å². The molecule has 1 aliphatic carbocycles. The molecule has 0 bridgehead atoms. The molecule has 2 amide bonds. The van der Waals surface area contributed by atoms with Gasteiger partial charge in [0.25, 0.3) is 5.91 Å². The third kappa shape index (κ3) is 3.10. The Labute approximate surface area is 158 Å². The number of nitrogens with one attached hydrogen (secondary N) is 1. The fourth-order valence-corrected chi connectivity index (χ4v) is 3.94. The minimum atomic E-state index is -0.318. The Morgan fingerprint density at radius 2 is 1.85 bits per heavy atom. The van der Waals surface area contributed by atoms with Gasteiger partial charge in [-0.3, -0.25) is 9.59 Å². The van der Waals surface area contributed by atoms with Gasteiger partial charge in [-0.15, -0.1) is 0 Å². The average molecular weight is 369 g/mol. The summed E-state index contributed by atoms with van der Waals surface area (Å²) in [5, 5.41) is 3.92. The van der Waals surface area contributed by atoms with E-state index in [-0.39, 0.29) is 17.4 Å². The van der Waals surface area contributed by atoms with Crippen molar-refractivity contribution in [2.24, 2.45) is 0 Å². The summed E-state index contributed by atoms with van der Waals surface area (Å²) in [6, 6.07) is 15.0. The Morgan fingerprint density at radius 3 is 2.46 bits per heavy atom. The van der Waals surface area contributed by atoms with E-state index in [0.29, 0.717) is 17.0 Å². The molecular formula is C21H21ClN2O2. The van der Waals surface area contributed by atoms with Crippen molar-refractivity contribution in [1.29, 1.82) is 0 Å². The molecule has 26 heavy (non-hydrogen) atoms. The van der Waals surface area contributed by atoms with Crippen LogP contribution in [0.25, 0.3) is 0 Å². The van der Waals surface area contributed by atoms with Gasteiger partial charge in [0.2, 0.25) is 5.91 Å². The molecule has 2 aliphatic rings. The summed E-state index contributed by atoms with van der Waals surface area (Å²) in [5.74, 6) is 0.0207. The maximum Gasteiger partial charge on any atom is 0.252 e. The Bertz CT molecular complexity index is 843. The van der Waals surface area contributed by atoms with Crippen molar-refractivity contribution in [3.05, 3.63) is 64.7 Å². The first kappa shape index (κ1) is 17.1. The number of halogens is 1. The molecule has 2 fully saturated rings. The quantitative estimate of drug-likeness (QED) is 0.875. The zero-order chi connectivity index (χ0) is 18.1. The molecule has 0 radical (unpaired) electrons. The van der Waals surface area contributed by atoms with Crippen LogP contribution in [0.4, 0.5) is 5.69 Å². The van der Waals surface area contributed by atoms with E-state index in [1.165, 1.54) is 0 Å². The first-order chi connectivity index (χ1) is 12.6. The van der Waals surface area contributed by atoms with Gasteiger partial charge < -0.3 is 10.2 Å². The van der Waals surface area contributed by atoms with Crippen LogP contribution in [0.5, 0.6) is 0 Å². The summed E-state index contributed by atoms with van der Waals surface area (Å²) in [5.41, 5.74) is 2.16. The van der Waals surface area contributed by atoms with Crippen LogP contribution in [0, 0.1) is 0 Å². The topological polar surface area (TPSA) is 49.4 Å². The number of anilines is 1. The van der Waals surface area contributed by atoms with Crippen LogP contribution in [-0.2, 0) is 10.3 Å². The molecule has 5 heteroatoms. The van der Waals surface area contributed by atoms with Gasteiger partial charge in [0.15, 0.2) is 0 Å². The van der Waals surface area contributed by atoms with Crippen molar-refractivity contribution in [2.45, 2.75) is 37.6 Å². The molecule has 1 saturated heterocycles. The highest BCUT2D eigenvalue weighted by Crippen LogP contribution is 2.41. The SMILES string of the molecule is O=C(NC1(c2ccc(Cl)cc2)CCC1)c1cccc(N2CCCC2=O)c1. The lowest BCUT2D eigenvalue weighted by Crippen LogP contribution is -2.50. The van der Waals surface area contributed by atoms with E-state index < -0.39 is 0 Å². The van der Waals surface area contributed by atoms with Crippen LogP contribution in [0.2, 0.25) is 5.02 Å². The van der Waals surface area contributed by atoms with Gasteiger partial charge in [-0.05, 0) is 61.6 Å². The van der Waals surface area contributed by atoms with Gasteiger partial charge in [-0.25, -0.2) is 0 Å². The number of carbonyl (C=O) groups excluding carboxylic acids is 2. The van der Waals surface area contributed by atoms with Gasteiger partial charge in [0, 0.05) is 29.2 Å². The van der Waals surface area contributed by atoms with Gasteiger partial charge in [0.1, 0.15) is 0 Å². The summed E-state index contributed by atoms with van der Waals surface area (Å²) < 4.78 is 0. The molecule has 1 saturated carbocycles. The second kappa shape index (κ2) is 6.76. The van der Waals surface area contributed by atoms with E-state index in [9.17, 15) is 9.59 Å². The lowest BCUT2D eigenvalue weighted by Gasteiger charge is -2.43. The van der Waals surface area contributed by atoms with Crippen molar-refractivity contribution in [3.8, 4) is 0 Å². The monoisotopic (exact) mass is 368 g/mol. The molecule has 0 atom stereocenters. The second-order valence-electron chi connectivity index (χ2n) is 7.10. The van der Waals surface area contributed by atoms with Gasteiger partial charge >= 0.3 is 0 Å². The van der Waals surface area contributed by atoms with Crippen molar-refractivity contribution in [2.75, 3.05) is 11.4 Å². The number of benzene rings is 2. The predicted molar refractivity (Wildman–Crippen MR) is 102 cm³/mol. The third-order valence-electron chi connectivity index (χ3n) is 5.45. The molecule has 2 aromatic carbocycles. The maximum atomic E-state index is 12.9. The van der Waals surface area contributed by atoms with Crippen molar-refractivity contribution >= 4 is 29.1 Å². The number of nitrogens with zero attached hydrogens (tertiary/aromatic N) is 1. The Balaban J connectivity index is 1.56. The minimum absolute atomic E-state index is 0.104. The molecular weight excluding hydrogens is 348 g/mol. The number of rotatable bonds is 4. The van der Waals surface area contributed by atoms with E-state index in [0.717, 1.165) is 43.5 Å². The number of hydrogen-bond donors (Lipinski definition) is 1. The number of carbonyl (C=O) groups is 2. The number of hydrogen-bond acceptors (Lipinski definition) is 2. The number of amides is 2. The molecule has 2 aromatic rings. The summed E-state index contributed by atoms with van der Waals surface area (Å²) in [6.45, 7) is 0.721. The summed E-state index contributed by atoms with van der Waals surface area (Å²) in [4.78, 5) is 26.6. The standard InChI is InChI=1S/C21H21ClN2O2/c22-17-9-7-16(8-10-17)21(11-3-12-21)23-20(26)15-4-1-5-18(14-15)24-13-2-6-19(24)25/h1,4-5,7-10,14H,2-3,6,11-13H2,(H,23,26). The Hall–Kier alpha value is -2.33. The molecule has 1 N–H and O–H groups in total. The minimum Gasteiger partial charge on any atom is -0.343 e. The summed E-state index contributed by atoms with van der Waals surface area (Å²) in [7, 11) is 0. The molecule has 4 nitrogen and oxygen atoms in total. The van der Waals surface area contributed by atoms with E-state index in [4.69, 9.17) is 11.6 Å². The highest BCUT2D eigenvalue weighted by molar-refractivity contribution is 6.30. The van der Waals surface area contributed by atoms with Crippen LogP contribution in [0.1, 0.15) is 48.0 Å². The molecule has 4 rings (SSSR count). The van der Waals surface area contributed by atoms with Crippen LogP contribution in [0.15, 0.2) is 48.5 Å². The Morgan fingerprint density at radius 1 is 1.08 bits per heavy atom. The predicted octanol–water partition coefficient (Wildman–Crippen LogP) is 4.28. The van der Waals surface area contributed by atoms with Crippen LogP contribution >= 0.6 is 11.6 Å². The zero-order valence-corrected chi connectivity index (χ0v) is 15.3. The summed E-state index contributed by atoms with van der Waals surface area (Å²) in [6.07, 6.45) is 4.38. The third-order valence-corrected chi connectivity index (χ3v) is 5.70. The second-order valence-corrected chi connectivity index (χ2v) is 7.53. The van der Waals surface area contributed by atoms with E-state index in [1.807, 2.05) is 42.5 Å². The van der Waals surface area contributed by atoms with Gasteiger partial charge in [-0.2, -0.15) is 0 Å². The lowest BCUT2D eigenvalue weighted by atomic mass is 9.71. The normalized spacial score (nSPS) is 18.5.